The second-order valence-electron chi connectivity index (χ2n) is 4.75. The fourth-order valence-corrected chi connectivity index (χ4v) is 2.23. The predicted molar refractivity (Wildman–Crippen MR) is 89.2 cm³/mol. The van der Waals surface area contributed by atoms with E-state index in [1.807, 2.05) is 12.1 Å². The number of carboxylic acids is 1. The molecule has 1 heterocycles. The van der Waals surface area contributed by atoms with Crippen molar-refractivity contribution in [3.63, 3.8) is 0 Å². The summed E-state index contributed by atoms with van der Waals surface area (Å²) in [5.74, 6) is -0.687. The summed E-state index contributed by atoms with van der Waals surface area (Å²) in [4.78, 5) is 19.8. The second-order valence-corrected chi connectivity index (χ2v) is 5.18. The molecule has 3 aromatic rings. The van der Waals surface area contributed by atoms with Crippen LogP contribution in [0.3, 0.4) is 0 Å². The average Bonchev–Trinajstić information content (AvgIpc) is 2.56. The predicted octanol–water partition coefficient (Wildman–Crippen LogP) is 4.24. The molecule has 3 rings (SSSR count). The van der Waals surface area contributed by atoms with E-state index in [1.54, 1.807) is 42.6 Å². The minimum Gasteiger partial charge on any atom is -0.478 e. The summed E-state index contributed by atoms with van der Waals surface area (Å²) in [5.41, 5.74) is 2.21. The van der Waals surface area contributed by atoms with Gasteiger partial charge >= 0.3 is 5.97 Å². The molecule has 0 aliphatic rings. The second kappa shape index (κ2) is 6.46. The quantitative estimate of drug-likeness (QED) is 0.750. The molecular weight excluding hydrogens is 314 g/mol. The summed E-state index contributed by atoms with van der Waals surface area (Å²) in [5, 5.41) is 12.8. The van der Waals surface area contributed by atoms with Crippen LogP contribution < -0.4 is 5.32 Å². The van der Waals surface area contributed by atoms with Crippen molar-refractivity contribution in [3.05, 3.63) is 71.4 Å². The number of carbonyl (C=O) groups is 1. The molecule has 2 aromatic carbocycles. The Balaban J connectivity index is 1.92. The molecule has 114 valence electrons. The Morgan fingerprint density at radius 2 is 1.78 bits per heavy atom. The lowest BCUT2D eigenvalue weighted by Gasteiger charge is -2.09. The van der Waals surface area contributed by atoms with Gasteiger partial charge in [-0.2, -0.15) is 0 Å². The normalized spacial score (nSPS) is 10.3. The first-order chi connectivity index (χ1) is 11.1. The van der Waals surface area contributed by atoms with Crippen LogP contribution in [-0.2, 0) is 0 Å². The number of nitrogens with zero attached hydrogens (tertiary/aromatic N) is 2. The zero-order valence-corrected chi connectivity index (χ0v) is 12.7. The number of anilines is 2. The van der Waals surface area contributed by atoms with Crippen molar-refractivity contribution in [2.24, 2.45) is 0 Å². The van der Waals surface area contributed by atoms with Gasteiger partial charge in [0.05, 0.1) is 16.9 Å². The summed E-state index contributed by atoms with van der Waals surface area (Å²) < 4.78 is 0. The molecule has 2 N–H and O–H groups in total. The van der Waals surface area contributed by atoms with E-state index in [1.165, 1.54) is 6.07 Å². The van der Waals surface area contributed by atoms with Gasteiger partial charge in [-0.1, -0.05) is 35.9 Å². The van der Waals surface area contributed by atoms with Crippen molar-refractivity contribution in [3.8, 4) is 11.3 Å². The summed E-state index contributed by atoms with van der Waals surface area (Å²) in [6.45, 7) is 0. The molecule has 1 aromatic heterocycles. The van der Waals surface area contributed by atoms with Gasteiger partial charge in [-0.3, -0.25) is 0 Å². The van der Waals surface area contributed by atoms with E-state index < -0.39 is 5.97 Å². The van der Waals surface area contributed by atoms with Crippen LogP contribution in [0.15, 0.2) is 60.8 Å². The minimum absolute atomic E-state index is 0.160. The van der Waals surface area contributed by atoms with Crippen LogP contribution in [-0.4, -0.2) is 21.0 Å². The summed E-state index contributed by atoms with van der Waals surface area (Å²) in [7, 11) is 0. The van der Waals surface area contributed by atoms with E-state index in [2.05, 4.69) is 15.3 Å². The van der Waals surface area contributed by atoms with Gasteiger partial charge in [0.15, 0.2) is 0 Å². The molecule has 0 radical (unpaired) electrons. The number of para-hydroxylation sites is 1. The molecule has 0 aliphatic carbocycles. The summed E-state index contributed by atoms with van der Waals surface area (Å²) in [6, 6.07) is 15.7. The zero-order valence-electron chi connectivity index (χ0n) is 11.9. The van der Waals surface area contributed by atoms with E-state index in [0.29, 0.717) is 22.4 Å². The number of aromatic nitrogens is 2. The Morgan fingerprint density at radius 1 is 1.04 bits per heavy atom. The van der Waals surface area contributed by atoms with E-state index >= 15 is 0 Å². The maximum absolute atomic E-state index is 11.2. The monoisotopic (exact) mass is 325 g/mol. The molecule has 0 aliphatic heterocycles. The van der Waals surface area contributed by atoms with E-state index in [4.69, 9.17) is 11.6 Å². The molecular formula is C17H12ClN3O2. The van der Waals surface area contributed by atoms with Gasteiger partial charge in [-0.25, -0.2) is 14.8 Å². The van der Waals surface area contributed by atoms with E-state index in [0.717, 1.165) is 5.56 Å². The molecule has 0 bridgehead atoms. The molecule has 0 unspecified atom stereocenters. The summed E-state index contributed by atoms with van der Waals surface area (Å²) >= 11 is 5.88. The Bertz CT molecular complexity index is 850. The molecule has 0 spiro atoms. The topological polar surface area (TPSA) is 75.1 Å². The van der Waals surface area contributed by atoms with Crippen molar-refractivity contribution in [2.75, 3.05) is 5.32 Å². The zero-order chi connectivity index (χ0) is 16.2. The molecule has 0 saturated heterocycles. The third-order valence-corrected chi connectivity index (χ3v) is 3.45. The number of carboxylic acid groups (broad SMARTS) is 1. The number of aromatic carboxylic acids is 1. The SMILES string of the molecule is O=C(O)c1ccccc1Nc1nccc(-c2ccc(Cl)cc2)n1. The fourth-order valence-electron chi connectivity index (χ4n) is 2.10. The Hall–Kier alpha value is -2.92. The molecule has 5 nitrogen and oxygen atoms in total. The van der Waals surface area contributed by atoms with Crippen LogP contribution in [0.1, 0.15) is 10.4 Å². The number of benzene rings is 2. The van der Waals surface area contributed by atoms with Crippen LogP contribution in [0.25, 0.3) is 11.3 Å². The third kappa shape index (κ3) is 3.46. The molecule has 6 heteroatoms. The highest BCUT2D eigenvalue weighted by Gasteiger charge is 2.10. The van der Waals surface area contributed by atoms with Gasteiger partial charge in [-0.05, 0) is 30.3 Å². The minimum atomic E-state index is -1.01. The highest BCUT2D eigenvalue weighted by Crippen LogP contribution is 2.22. The standard InChI is InChI=1S/C17H12ClN3O2/c18-12-7-5-11(6-8-12)14-9-10-19-17(20-14)21-15-4-2-1-3-13(15)16(22)23/h1-10H,(H,22,23)(H,19,20,21). The van der Waals surface area contributed by atoms with Gasteiger partial charge in [0.2, 0.25) is 5.95 Å². The first-order valence-corrected chi connectivity index (χ1v) is 7.19. The first kappa shape index (κ1) is 15.0. The van der Waals surface area contributed by atoms with Crippen LogP contribution in [0.5, 0.6) is 0 Å². The fraction of sp³-hybridized carbons (Fsp3) is 0. The van der Waals surface area contributed by atoms with Crippen molar-refractivity contribution < 1.29 is 9.90 Å². The largest absolute Gasteiger partial charge is 0.478 e. The average molecular weight is 326 g/mol. The lowest BCUT2D eigenvalue weighted by molar-refractivity contribution is 0.0698. The molecule has 0 saturated carbocycles. The first-order valence-electron chi connectivity index (χ1n) is 6.82. The van der Waals surface area contributed by atoms with Gasteiger partial charge < -0.3 is 10.4 Å². The highest BCUT2D eigenvalue weighted by molar-refractivity contribution is 6.30. The van der Waals surface area contributed by atoms with Crippen LogP contribution in [0, 0.1) is 0 Å². The number of hydrogen-bond donors (Lipinski definition) is 2. The van der Waals surface area contributed by atoms with Crippen LogP contribution in [0.4, 0.5) is 11.6 Å². The summed E-state index contributed by atoms with van der Waals surface area (Å²) in [6.07, 6.45) is 1.61. The molecule has 0 atom stereocenters. The Labute approximate surface area is 137 Å². The smallest absolute Gasteiger partial charge is 0.337 e. The maximum atomic E-state index is 11.2. The number of halogens is 1. The number of hydrogen-bond acceptors (Lipinski definition) is 4. The van der Waals surface area contributed by atoms with Gasteiger partial charge in [-0.15, -0.1) is 0 Å². The van der Waals surface area contributed by atoms with Gasteiger partial charge in [0.1, 0.15) is 0 Å². The Morgan fingerprint density at radius 3 is 2.52 bits per heavy atom. The van der Waals surface area contributed by atoms with Crippen molar-refractivity contribution >= 4 is 29.2 Å². The number of nitrogens with one attached hydrogen (secondary N) is 1. The van der Waals surface area contributed by atoms with Crippen LogP contribution >= 0.6 is 11.6 Å². The van der Waals surface area contributed by atoms with Gasteiger partial charge in [0, 0.05) is 16.8 Å². The van der Waals surface area contributed by atoms with E-state index in [9.17, 15) is 9.90 Å². The molecule has 23 heavy (non-hydrogen) atoms. The lowest BCUT2D eigenvalue weighted by atomic mass is 10.1. The number of rotatable bonds is 4. The van der Waals surface area contributed by atoms with Gasteiger partial charge in [0.25, 0.3) is 0 Å². The van der Waals surface area contributed by atoms with Crippen molar-refractivity contribution in [1.29, 1.82) is 0 Å². The van der Waals surface area contributed by atoms with Crippen LogP contribution in [0.2, 0.25) is 5.02 Å². The molecule has 0 fully saturated rings. The highest BCUT2D eigenvalue weighted by atomic mass is 35.5. The lowest BCUT2D eigenvalue weighted by Crippen LogP contribution is -2.04. The van der Waals surface area contributed by atoms with Crippen molar-refractivity contribution in [2.45, 2.75) is 0 Å². The Kier molecular flexibility index (Phi) is 4.21. The van der Waals surface area contributed by atoms with Crippen molar-refractivity contribution in [1.82, 2.24) is 9.97 Å². The van der Waals surface area contributed by atoms with E-state index in [-0.39, 0.29) is 5.56 Å². The third-order valence-electron chi connectivity index (χ3n) is 3.20. The maximum Gasteiger partial charge on any atom is 0.337 e. The molecule has 0 amide bonds.